The zero-order valence-corrected chi connectivity index (χ0v) is 28.5. The number of hydrogen-bond donors (Lipinski definition) is 0. The van der Waals surface area contributed by atoms with Crippen LogP contribution in [0.25, 0.3) is 0 Å². The van der Waals surface area contributed by atoms with Gasteiger partial charge in [-0.2, -0.15) is 0 Å². The molecule has 0 N–H and O–H groups in total. The maximum Gasteiger partial charge on any atom is -0.00172 e. The van der Waals surface area contributed by atoms with Crippen molar-refractivity contribution in [2.24, 2.45) is 41.4 Å². The van der Waals surface area contributed by atoms with Gasteiger partial charge >= 0.3 is 0 Å². The third kappa shape index (κ3) is 14.6. The fraction of sp³-hybridized carbons (Fsp3) is 0.900. The van der Waals surface area contributed by atoms with Gasteiger partial charge in [-0.15, -0.1) is 0 Å². The van der Waals surface area contributed by atoms with E-state index in [0.29, 0.717) is 0 Å². The highest BCUT2D eigenvalue weighted by Crippen LogP contribution is 2.48. The van der Waals surface area contributed by atoms with Gasteiger partial charge in [-0.05, 0) is 73.5 Å². The van der Waals surface area contributed by atoms with Gasteiger partial charge in [0.05, 0.1) is 0 Å². The van der Waals surface area contributed by atoms with E-state index in [1.54, 1.807) is 0 Å². The van der Waals surface area contributed by atoms with Crippen LogP contribution in [0, 0.1) is 41.4 Å². The fourth-order valence-corrected chi connectivity index (χ4v) is 7.90. The Bertz CT molecular complexity index is 651. The molecular formula is C40H74. The van der Waals surface area contributed by atoms with Crippen LogP contribution in [0.5, 0.6) is 0 Å². The highest BCUT2D eigenvalue weighted by atomic mass is 14.4. The summed E-state index contributed by atoms with van der Waals surface area (Å²) < 4.78 is 0. The lowest BCUT2D eigenvalue weighted by molar-refractivity contribution is 0.241. The van der Waals surface area contributed by atoms with Crippen molar-refractivity contribution in [1.82, 2.24) is 0 Å². The van der Waals surface area contributed by atoms with Crippen molar-refractivity contribution in [3.8, 4) is 0 Å². The highest BCUT2D eigenvalue weighted by molar-refractivity contribution is 5.27. The first kappa shape index (κ1) is 35.7. The Morgan fingerprint density at radius 3 is 1.68 bits per heavy atom. The predicted molar refractivity (Wildman–Crippen MR) is 182 cm³/mol. The number of rotatable bonds is 24. The molecule has 0 bridgehead atoms. The molecular weight excluding hydrogens is 480 g/mol. The summed E-state index contributed by atoms with van der Waals surface area (Å²) >= 11 is 0. The van der Waals surface area contributed by atoms with E-state index < -0.39 is 0 Å². The first-order chi connectivity index (χ1) is 19.5. The van der Waals surface area contributed by atoms with Crippen molar-refractivity contribution in [3.63, 3.8) is 0 Å². The van der Waals surface area contributed by atoms with Crippen molar-refractivity contribution in [2.45, 2.75) is 189 Å². The minimum atomic E-state index is 0.761. The van der Waals surface area contributed by atoms with Crippen LogP contribution in [0.15, 0.2) is 23.8 Å². The summed E-state index contributed by atoms with van der Waals surface area (Å²) in [5.41, 5.74) is 1.91. The maximum absolute atomic E-state index is 2.91. The molecule has 234 valence electrons. The lowest BCUT2D eigenvalue weighted by Gasteiger charge is -2.42. The maximum atomic E-state index is 2.91. The van der Waals surface area contributed by atoms with Crippen molar-refractivity contribution in [1.29, 1.82) is 0 Å². The second-order valence-electron chi connectivity index (χ2n) is 15.1. The van der Waals surface area contributed by atoms with Crippen LogP contribution >= 0.6 is 0 Å². The van der Waals surface area contributed by atoms with Crippen molar-refractivity contribution in [3.05, 3.63) is 23.8 Å². The largest absolute Gasteiger partial charge is 0.0842 e. The minimum absolute atomic E-state index is 0.761. The van der Waals surface area contributed by atoms with Gasteiger partial charge in [-0.1, -0.05) is 181 Å². The summed E-state index contributed by atoms with van der Waals surface area (Å²) in [6.45, 7) is 14.2. The van der Waals surface area contributed by atoms with Gasteiger partial charge in [-0.25, -0.2) is 0 Å². The molecule has 5 unspecified atom stereocenters. The van der Waals surface area contributed by atoms with E-state index in [-0.39, 0.29) is 0 Å². The number of allylic oxidation sites excluding steroid dienone is 4. The number of fused-ring (bicyclic) bond motifs is 1. The summed E-state index contributed by atoms with van der Waals surface area (Å²) in [4.78, 5) is 0. The Balaban J connectivity index is 2.01. The van der Waals surface area contributed by atoms with Crippen molar-refractivity contribution < 1.29 is 0 Å². The van der Waals surface area contributed by atoms with Gasteiger partial charge in [-0.3, -0.25) is 0 Å². The molecule has 0 aromatic heterocycles. The fourth-order valence-electron chi connectivity index (χ4n) is 7.90. The lowest BCUT2D eigenvalue weighted by Crippen LogP contribution is -2.31. The normalized spacial score (nSPS) is 24.6. The Morgan fingerprint density at radius 1 is 0.550 bits per heavy atom. The average Bonchev–Trinajstić information content (AvgIpc) is 2.93. The topological polar surface area (TPSA) is 0 Å². The Hall–Kier alpha value is -0.520. The smallest absolute Gasteiger partial charge is 0.00172 e. The van der Waals surface area contributed by atoms with Crippen LogP contribution in [0.2, 0.25) is 0 Å². The quantitative estimate of drug-likeness (QED) is 0.0822. The van der Waals surface area contributed by atoms with Crippen molar-refractivity contribution in [2.75, 3.05) is 0 Å². The summed E-state index contributed by atoms with van der Waals surface area (Å²) in [7, 11) is 0. The Labute approximate surface area is 254 Å². The van der Waals surface area contributed by atoms with Gasteiger partial charge in [0.25, 0.3) is 0 Å². The van der Waals surface area contributed by atoms with Gasteiger partial charge in [0.1, 0.15) is 0 Å². The molecule has 0 aromatic rings. The molecule has 0 saturated carbocycles. The molecule has 2 rings (SSSR count). The molecule has 0 saturated heterocycles. The monoisotopic (exact) mass is 555 g/mol. The molecule has 2 aliphatic rings. The first-order valence-electron chi connectivity index (χ1n) is 18.9. The van der Waals surface area contributed by atoms with Crippen molar-refractivity contribution >= 4 is 0 Å². The Kier molecular flexibility index (Phi) is 19.7. The zero-order chi connectivity index (χ0) is 29.0. The third-order valence-corrected chi connectivity index (χ3v) is 10.5. The molecule has 0 fully saturated rings. The molecule has 0 aromatic carbocycles. The first-order valence-corrected chi connectivity index (χ1v) is 18.9. The molecule has 5 atom stereocenters. The standard InChI is InChI=1S/C40H74/c1-7-9-11-20-27-37-32-40-38(31-36(37)25-10-8-2)30-29-35(26-21-16-12-14-18-23-33(3)4)39(40)28-22-17-13-15-19-24-34(5)6/h29-30,32-39H,7-28,31H2,1-6H3. The molecule has 0 radical (unpaired) electrons. The van der Waals surface area contributed by atoms with E-state index in [9.17, 15) is 0 Å². The molecule has 0 heteroatoms. The van der Waals surface area contributed by atoms with E-state index in [0.717, 1.165) is 41.4 Å². The third-order valence-electron chi connectivity index (χ3n) is 10.5. The van der Waals surface area contributed by atoms with E-state index in [4.69, 9.17) is 0 Å². The molecule has 0 spiro atoms. The molecule has 0 amide bonds. The second-order valence-corrected chi connectivity index (χ2v) is 15.1. The van der Waals surface area contributed by atoms with E-state index >= 15 is 0 Å². The molecule has 0 nitrogen and oxygen atoms in total. The van der Waals surface area contributed by atoms with Crippen LogP contribution in [-0.2, 0) is 0 Å². The van der Waals surface area contributed by atoms with Crippen LogP contribution in [0.1, 0.15) is 189 Å². The van der Waals surface area contributed by atoms with Crippen LogP contribution in [-0.4, -0.2) is 0 Å². The Morgan fingerprint density at radius 2 is 1.07 bits per heavy atom. The average molecular weight is 555 g/mol. The van der Waals surface area contributed by atoms with E-state index in [1.165, 1.54) is 148 Å². The lowest BCUT2D eigenvalue weighted by atomic mass is 9.63. The van der Waals surface area contributed by atoms with Gasteiger partial charge in [0.2, 0.25) is 0 Å². The minimum Gasteiger partial charge on any atom is -0.0842 e. The van der Waals surface area contributed by atoms with Gasteiger partial charge in [0.15, 0.2) is 0 Å². The molecule has 0 heterocycles. The van der Waals surface area contributed by atoms with Gasteiger partial charge in [0, 0.05) is 0 Å². The highest BCUT2D eigenvalue weighted by Gasteiger charge is 2.37. The zero-order valence-electron chi connectivity index (χ0n) is 28.5. The van der Waals surface area contributed by atoms with E-state index in [1.807, 2.05) is 5.57 Å². The van der Waals surface area contributed by atoms with E-state index in [2.05, 4.69) is 59.8 Å². The summed E-state index contributed by atoms with van der Waals surface area (Å²) in [6, 6.07) is 0. The second kappa shape index (κ2) is 22.1. The summed E-state index contributed by atoms with van der Waals surface area (Å²) in [5.74, 6) is 5.96. The molecule has 0 aliphatic heterocycles. The number of hydrogen-bond acceptors (Lipinski definition) is 0. The molecule has 40 heavy (non-hydrogen) atoms. The van der Waals surface area contributed by atoms with Crippen LogP contribution < -0.4 is 0 Å². The SMILES string of the molecule is CCCCCCC1C=C2C(C=CC(CCCCCCCC(C)C)C2CCCCCCCC(C)C)CC1CCCC. The van der Waals surface area contributed by atoms with Gasteiger partial charge < -0.3 is 0 Å². The van der Waals surface area contributed by atoms with Crippen LogP contribution in [0.3, 0.4) is 0 Å². The van der Waals surface area contributed by atoms with Crippen LogP contribution in [0.4, 0.5) is 0 Å². The summed E-state index contributed by atoms with van der Waals surface area (Å²) in [6.07, 6.45) is 41.4. The number of unbranched alkanes of at least 4 members (excludes halogenated alkanes) is 12. The molecule has 2 aliphatic carbocycles. The summed E-state index contributed by atoms with van der Waals surface area (Å²) in [5, 5.41) is 0. The predicted octanol–water partition coefficient (Wildman–Crippen LogP) is 13.9.